The highest BCUT2D eigenvalue weighted by atomic mass is 19.1. The second kappa shape index (κ2) is 4.86. The largest absolute Gasteiger partial charge is 0.464 e. The van der Waals surface area contributed by atoms with Crippen LogP contribution < -0.4 is 5.73 Å². The van der Waals surface area contributed by atoms with Crippen LogP contribution in [0.25, 0.3) is 22.6 Å². The molecule has 0 aliphatic carbocycles. The molecule has 0 unspecified atom stereocenters. The maximum absolute atomic E-state index is 14.3. The molecule has 7 heteroatoms. The predicted octanol–water partition coefficient (Wildman–Crippen LogP) is 2.40. The Hall–Kier alpha value is -2.96. The van der Waals surface area contributed by atoms with Crippen molar-refractivity contribution >= 4 is 22.8 Å². The van der Waals surface area contributed by atoms with Crippen LogP contribution in [0.4, 0.5) is 10.1 Å². The Labute approximate surface area is 118 Å². The van der Waals surface area contributed by atoms with Gasteiger partial charge in [-0.05, 0) is 24.3 Å². The van der Waals surface area contributed by atoms with Crippen molar-refractivity contribution in [3.05, 3.63) is 42.0 Å². The third kappa shape index (κ3) is 2.18. The average molecular weight is 287 g/mol. The lowest BCUT2D eigenvalue weighted by Gasteiger charge is -2.02. The van der Waals surface area contributed by atoms with Crippen LogP contribution in [0.3, 0.4) is 0 Å². The molecule has 3 rings (SSSR count). The number of halogens is 1. The highest BCUT2D eigenvalue weighted by molar-refractivity contribution is 5.89. The number of anilines is 1. The van der Waals surface area contributed by atoms with Crippen molar-refractivity contribution in [1.82, 2.24) is 9.97 Å². The lowest BCUT2D eigenvalue weighted by atomic mass is 10.2. The van der Waals surface area contributed by atoms with E-state index >= 15 is 0 Å². The first-order chi connectivity index (χ1) is 10.1. The number of pyridine rings is 1. The SMILES string of the molecule is COC(=O)c1nccc(-c2nc3cc(N)ccc3o2)c1F. The molecule has 6 nitrogen and oxygen atoms in total. The number of nitrogen functional groups attached to an aromatic ring is 1. The predicted molar refractivity (Wildman–Crippen MR) is 72.9 cm³/mol. The Balaban J connectivity index is 2.16. The fourth-order valence-electron chi connectivity index (χ4n) is 1.91. The second-order valence-corrected chi connectivity index (χ2v) is 4.26. The summed E-state index contributed by atoms with van der Waals surface area (Å²) >= 11 is 0. The van der Waals surface area contributed by atoms with E-state index in [-0.39, 0.29) is 11.5 Å². The van der Waals surface area contributed by atoms with Crippen molar-refractivity contribution in [3.63, 3.8) is 0 Å². The molecule has 2 aromatic heterocycles. The minimum Gasteiger partial charge on any atom is -0.464 e. The van der Waals surface area contributed by atoms with Gasteiger partial charge >= 0.3 is 5.97 Å². The number of oxazole rings is 1. The van der Waals surface area contributed by atoms with Crippen LogP contribution >= 0.6 is 0 Å². The Morgan fingerprint density at radius 1 is 1.38 bits per heavy atom. The van der Waals surface area contributed by atoms with Crippen molar-refractivity contribution in [2.45, 2.75) is 0 Å². The molecule has 0 saturated carbocycles. The number of benzene rings is 1. The van der Waals surface area contributed by atoms with Gasteiger partial charge in [0.25, 0.3) is 0 Å². The van der Waals surface area contributed by atoms with Crippen molar-refractivity contribution in [2.75, 3.05) is 12.8 Å². The molecule has 0 aliphatic rings. The molecule has 2 heterocycles. The number of ether oxygens (including phenoxy) is 1. The summed E-state index contributed by atoms with van der Waals surface area (Å²) in [6, 6.07) is 6.28. The zero-order chi connectivity index (χ0) is 15.0. The smallest absolute Gasteiger partial charge is 0.359 e. The zero-order valence-corrected chi connectivity index (χ0v) is 11.0. The minimum absolute atomic E-state index is 0.0279. The van der Waals surface area contributed by atoms with Crippen LogP contribution in [0, 0.1) is 5.82 Å². The van der Waals surface area contributed by atoms with Crippen LogP contribution in [-0.2, 0) is 4.74 Å². The van der Waals surface area contributed by atoms with Crippen molar-refractivity contribution < 1.29 is 18.3 Å². The van der Waals surface area contributed by atoms with Crippen LogP contribution in [0.15, 0.2) is 34.9 Å². The lowest BCUT2D eigenvalue weighted by molar-refractivity contribution is 0.0588. The van der Waals surface area contributed by atoms with Crippen molar-refractivity contribution in [1.29, 1.82) is 0 Å². The average Bonchev–Trinajstić information content (AvgIpc) is 2.89. The van der Waals surface area contributed by atoms with Crippen LogP contribution in [0.2, 0.25) is 0 Å². The van der Waals surface area contributed by atoms with Crippen molar-refractivity contribution in [3.8, 4) is 11.5 Å². The number of esters is 1. The molecule has 3 aromatic rings. The van der Waals surface area contributed by atoms with E-state index in [4.69, 9.17) is 10.2 Å². The molecule has 0 amide bonds. The molecule has 106 valence electrons. The summed E-state index contributed by atoms with van der Waals surface area (Å²) in [5.74, 6) is -1.67. The van der Waals surface area contributed by atoms with Crippen molar-refractivity contribution in [2.24, 2.45) is 0 Å². The molecule has 0 fully saturated rings. The molecule has 0 aliphatic heterocycles. The van der Waals surface area contributed by atoms with E-state index in [2.05, 4.69) is 14.7 Å². The van der Waals surface area contributed by atoms with E-state index in [1.807, 2.05) is 0 Å². The van der Waals surface area contributed by atoms with E-state index in [0.29, 0.717) is 16.8 Å². The highest BCUT2D eigenvalue weighted by Gasteiger charge is 2.21. The molecule has 0 saturated heterocycles. The van der Waals surface area contributed by atoms with Gasteiger partial charge in [0.15, 0.2) is 17.1 Å². The van der Waals surface area contributed by atoms with Gasteiger partial charge in [-0.2, -0.15) is 0 Å². The molecular weight excluding hydrogens is 277 g/mol. The summed E-state index contributed by atoms with van der Waals surface area (Å²) in [6.45, 7) is 0. The van der Waals surface area contributed by atoms with Gasteiger partial charge in [-0.15, -0.1) is 0 Å². The van der Waals surface area contributed by atoms with E-state index in [9.17, 15) is 9.18 Å². The third-order valence-electron chi connectivity index (χ3n) is 2.91. The molecule has 0 radical (unpaired) electrons. The maximum atomic E-state index is 14.3. The highest BCUT2D eigenvalue weighted by Crippen LogP contribution is 2.28. The summed E-state index contributed by atoms with van der Waals surface area (Å²) in [5.41, 5.74) is 6.75. The van der Waals surface area contributed by atoms with Gasteiger partial charge in [-0.3, -0.25) is 0 Å². The van der Waals surface area contributed by atoms with Gasteiger partial charge in [0, 0.05) is 11.9 Å². The van der Waals surface area contributed by atoms with Gasteiger partial charge < -0.3 is 14.9 Å². The number of aromatic nitrogens is 2. The van der Waals surface area contributed by atoms with Gasteiger partial charge in [0.05, 0.1) is 12.7 Å². The zero-order valence-electron chi connectivity index (χ0n) is 11.0. The minimum atomic E-state index is -0.866. The fraction of sp³-hybridized carbons (Fsp3) is 0.0714. The van der Waals surface area contributed by atoms with Crippen LogP contribution in [0.5, 0.6) is 0 Å². The molecule has 2 N–H and O–H groups in total. The Morgan fingerprint density at radius 3 is 2.95 bits per heavy atom. The molecule has 0 bridgehead atoms. The maximum Gasteiger partial charge on any atom is 0.359 e. The van der Waals surface area contributed by atoms with Crippen LogP contribution in [0.1, 0.15) is 10.5 Å². The van der Waals surface area contributed by atoms with Gasteiger partial charge in [0.1, 0.15) is 5.52 Å². The monoisotopic (exact) mass is 287 g/mol. The van der Waals surface area contributed by atoms with Crippen LogP contribution in [-0.4, -0.2) is 23.0 Å². The number of hydrogen-bond donors (Lipinski definition) is 1. The van der Waals surface area contributed by atoms with E-state index in [1.165, 1.54) is 12.3 Å². The van der Waals surface area contributed by atoms with Gasteiger partial charge in [-0.25, -0.2) is 19.2 Å². The van der Waals surface area contributed by atoms with Gasteiger partial charge in [0.2, 0.25) is 5.89 Å². The fourth-order valence-corrected chi connectivity index (χ4v) is 1.91. The number of carbonyl (C=O) groups is 1. The normalized spacial score (nSPS) is 10.8. The first kappa shape index (κ1) is 13.0. The molecule has 0 atom stereocenters. The molecular formula is C14H10FN3O3. The first-order valence-electron chi connectivity index (χ1n) is 5.99. The number of nitrogens with two attached hydrogens (primary N) is 1. The Bertz CT molecular complexity index is 845. The summed E-state index contributed by atoms with van der Waals surface area (Å²) < 4.78 is 24.3. The molecule has 0 spiro atoms. The standard InChI is InChI=1S/C14H10FN3O3/c1-20-14(19)12-11(15)8(4-5-17-12)13-18-9-6-7(16)2-3-10(9)21-13/h2-6H,16H2,1H3. The number of hydrogen-bond acceptors (Lipinski definition) is 6. The second-order valence-electron chi connectivity index (χ2n) is 4.26. The number of fused-ring (bicyclic) bond motifs is 1. The third-order valence-corrected chi connectivity index (χ3v) is 2.91. The Kier molecular flexibility index (Phi) is 3.02. The van der Waals surface area contributed by atoms with E-state index in [1.54, 1.807) is 18.2 Å². The number of rotatable bonds is 2. The number of carbonyl (C=O) groups excluding carboxylic acids is 1. The quantitative estimate of drug-likeness (QED) is 0.575. The van der Waals surface area contributed by atoms with E-state index < -0.39 is 17.5 Å². The molecule has 1 aromatic carbocycles. The number of nitrogens with zero attached hydrogens (tertiary/aromatic N) is 2. The first-order valence-corrected chi connectivity index (χ1v) is 5.99. The van der Waals surface area contributed by atoms with Gasteiger partial charge in [-0.1, -0.05) is 0 Å². The summed E-state index contributed by atoms with van der Waals surface area (Å²) in [5, 5.41) is 0. The summed E-state index contributed by atoms with van der Waals surface area (Å²) in [4.78, 5) is 19.3. The number of methoxy groups -OCH3 is 1. The topological polar surface area (TPSA) is 91.2 Å². The van der Waals surface area contributed by atoms with E-state index in [0.717, 1.165) is 7.11 Å². The summed E-state index contributed by atoms with van der Waals surface area (Å²) in [6.07, 6.45) is 1.29. The molecule has 21 heavy (non-hydrogen) atoms. The lowest BCUT2D eigenvalue weighted by Crippen LogP contribution is -2.08. The summed E-state index contributed by atoms with van der Waals surface area (Å²) in [7, 11) is 1.15. The Morgan fingerprint density at radius 2 is 2.19 bits per heavy atom.